The number of halogens is 3. The fourth-order valence-electron chi connectivity index (χ4n) is 3.15. The van der Waals surface area contributed by atoms with Gasteiger partial charge in [-0.05, 0) is 31.5 Å². The molecule has 0 aliphatic carbocycles. The van der Waals surface area contributed by atoms with E-state index < -0.39 is 12.4 Å². The Bertz CT molecular complexity index is 1210. The van der Waals surface area contributed by atoms with Gasteiger partial charge < -0.3 is 9.47 Å². The summed E-state index contributed by atoms with van der Waals surface area (Å²) in [4.78, 5) is 4.52. The Morgan fingerprint density at radius 1 is 1.07 bits per heavy atom. The van der Waals surface area contributed by atoms with Gasteiger partial charge in [0.1, 0.15) is 17.4 Å². The monoisotopic (exact) mass is 388 g/mol. The van der Waals surface area contributed by atoms with Crippen LogP contribution in [0.3, 0.4) is 0 Å². The molecule has 0 bridgehead atoms. The van der Waals surface area contributed by atoms with Crippen molar-refractivity contribution in [3.8, 4) is 22.9 Å². The summed E-state index contributed by atoms with van der Waals surface area (Å²) in [6.45, 7) is 0.570. The van der Waals surface area contributed by atoms with E-state index >= 15 is 0 Å². The average molecular weight is 388 g/mol. The lowest BCUT2D eigenvalue weighted by Crippen LogP contribution is -2.04. The van der Waals surface area contributed by atoms with E-state index in [1.807, 2.05) is 6.92 Å². The van der Waals surface area contributed by atoms with Crippen LogP contribution in [-0.4, -0.2) is 33.3 Å². The number of alkyl halides is 2. The lowest BCUT2D eigenvalue weighted by Gasteiger charge is -2.12. The fourth-order valence-corrected chi connectivity index (χ4v) is 3.15. The van der Waals surface area contributed by atoms with Gasteiger partial charge in [-0.2, -0.15) is 8.78 Å². The van der Waals surface area contributed by atoms with E-state index in [0.29, 0.717) is 33.8 Å². The summed E-state index contributed by atoms with van der Waals surface area (Å²) in [6, 6.07) is 7.09. The van der Waals surface area contributed by atoms with Crippen molar-refractivity contribution in [3.63, 3.8) is 0 Å². The van der Waals surface area contributed by atoms with Crippen molar-refractivity contribution in [2.75, 3.05) is 7.11 Å². The fraction of sp³-hybridized carbons (Fsp3) is 0.211. The molecule has 6 nitrogen and oxygen atoms in total. The number of imidazole rings is 1. The van der Waals surface area contributed by atoms with E-state index in [2.05, 4.69) is 19.9 Å². The number of hydrogen-bond acceptors (Lipinski definition) is 5. The topological polar surface area (TPSA) is 61.5 Å². The summed E-state index contributed by atoms with van der Waals surface area (Å²) in [5.74, 6) is 0.124. The lowest BCUT2D eigenvalue weighted by molar-refractivity contribution is -0.0498. The largest absolute Gasteiger partial charge is 0.494 e. The van der Waals surface area contributed by atoms with E-state index in [1.165, 1.54) is 31.4 Å². The van der Waals surface area contributed by atoms with Crippen LogP contribution in [0.2, 0.25) is 0 Å². The molecular weight excluding hydrogens is 373 g/mol. The minimum Gasteiger partial charge on any atom is -0.494 e. The number of aromatic nitrogens is 4. The molecule has 9 heteroatoms. The van der Waals surface area contributed by atoms with Crippen molar-refractivity contribution in [1.29, 1.82) is 0 Å². The van der Waals surface area contributed by atoms with E-state index in [4.69, 9.17) is 4.74 Å². The third-order valence-corrected chi connectivity index (χ3v) is 4.42. The number of rotatable bonds is 4. The van der Waals surface area contributed by atoms with Crippen molar-refractivity contribution >= 4 is 16.7 Å². The number of fused-ring (bicyclic) bond motifs is 3. The number of aryl methyl sites for hydroxylation is 2. The van der Waals surface area contributed by atoms with Crippen LogP contribution < -0.4 is 9.47 Å². The zero-order valence-electron chi connectivity index (χ0n) is 15.2. The standard InChI is InChI=1S/C19H15F3N4O2/c1-9-4-5-11(20)6-13(9)18-23-10(2)17-25-24-16-14(26(17)18)7-12(28-19(21)22)8-15(16)27-3/h4-8,19H,1-3H3. The average Bonchev–Trinajstić information content (AvgIpc) is 2.99. The number of ether oxygens (including phenoxy) is 2. The maximum absolute atomic E-state index is 13.9. The van der Waals surface area contributed by atoms with Gasteiger partial charge >= 0.3 is 6.61 Å². The Balaban J connectivity index is 2.12. The second kappa shape index (κ2) is 6.66. The predicted molar refractivity (Wildman–Crippen MR) is 96.3 cm³/mol. The van der Waals surface area contributed by atoms with Crippen molar-refractivity contribution < 1.29 is 22.6 Å². The summed E-state index contributed by atoms with van der Waals surface area (Å²) in [5.41, 5.74) is 3.07. The quantitative estimate of drug-likeness (QED) is 0.521. The molecule has 0 aliphatic rings. The Labute approximate surface area is 157 Å². The SMILES string of the molecule is COc1cc(OC(F)F)cc2c1nnc1c(C)nc(-c3cc(F)ccc3C)n12. The summed E-state index contributed by atoms with van der Waals surface area (Å²) in [6.07, 6.45) is 0. The molecule has 0 unspecified atom stereocenters. The first-order chi connectivity index (χ1) is 13.4. The third kappa shape index (κ3) is 2.88. The highest BCUT2D eigenvalue weighted by Crippen LogP contribution is 2.34. The molecule has 4 rings (SSSR count). The van der Waals surface area contributed by atoms with E-state index in [0.717, 1.165) is 5.56 Å². The molecular formula is C19H15F3N4O2. The Kier molecular flexibility index (Phi) is 4.29. The van der Waals surface area contributed by atoms with Crippen LogP contribution in [0, 0.1) is 19.7 Å². The molecule has 0 amide bonds. The van der Waals surface area contributed by atoms with Crippen LogP contribution >= 0.6 is 0 Å². The Morgan fingerprint density at radius 2 is 1.86 bits per heavy atom. The smallest absolute Gasteiger partial charge is 0.387 e. The van der Waals surface area contributed by atoms with Crippen molar-refractivity contribution in [2.24, 2.45) is 0 Å². The van der Waals surface area contributed by atoms with Gasteiger partial charge in [-0.15, -0.1) is 10.2 Å². The molecule has 0 fully saturated rings. The number of benzene rings is 2. The molecule has 0 radical (unpaired) electrons. The van der Waals surface area contributed by atoms with Gasteiger partial charge in [0.05, 0.1) is 18.3 Å². The van der Waals surface area contributed by atoms with Gasteiger partial charge in [0.25, 0.3) is 0 Å². The predicted octanol–water partition coefficient (Wildman–Crippen LogP) is 4.31. The van der Waals surface area contributed by atoms with Gasteiger partial charge in [-0.1, -0.05) is 6.07 Å². The third-order valence-electron chi connectivity index (χ3n) is 4.42. The molecule has 144 valence electrons. The van der Waals surface area contributed by atoms with Crippen molar-refractivity contribution in [2.45, 2.75) is 20.5 Å². The molecule has 4 aromatic rings. The number of hydrogen-bond donors (Lipinski definition) is 0. The molecule has 28 heavy (non-hydrogen) atoms. The second-order valence-corrected chi connectivity index (χ2v) is 6.21. The highest BCUT2D eigenvalue weighted by atomic mass is 19.3. The first-order valence-corrected chi connectivity index (χ1v) is 8.34. The molecule has 0 spiro atoms. The summed E-state index contributed by atoms with van der Waals surface area (Å²) >= 11 is 0. The number of methoxy groups -OCH3 is 1. The summed E-state index contributed by atoms with van der Waals surface area (Å²) in [5, 5.41) is 8.35. The van der Waals surface area contributed by atoms with E-state index in [-0.39, 0.29) is 11.5 Å². The highest BCUT2D eigenvalue weighted by molar-refractivity contribution is 5.87. The van der Waals surface area contributed by atoms with Crippen LogP contribution in [0.5, 0.6) is 11.5 Å². The van der Waals surface area contributed by atoms with E-state index in [9.17, 15) is 13.2 Å². The minimum absolute atomic E-state index is 0.0954. The summed E-state index contributed by atoms with van der Waals surface area (Å²) < 4.78 is 50.9. The zero-order chi connectivity index (χ0) is 20.0. The van der Waals surface area contributed by atoms with Crippen LogP contribution in [-0.2, 0) is 0 Å². The van der Waals surface area contributed by atoms with Gasteiger partial charge in [-0.25, -0.2) is 9.37 Å². The van der Waals surface area contributed by atoms with Crippen molar-refractivity contribution in [1.82, 2.24) is 19.6 Å². The van der Waals surface area contributed by atoms with Crippen LogP contribution in [0.25, 0.3) is 28.1 Å². The molecule has 2 aromatic heterocycles. The van der Waals surface area contributed by atoms with Gasteiger partial charge in [-0.3, -0.25) is 4.40 Å². The zero-order valence-corrected chi connectivity index (χ0v) is 15.2. The molecule has 0 aliphatic heterocycles. The Morgan fingerprint density at radius 3 is 2.57 bits per heavy atom. The minimum atomic E-state index is -3.00. The van der Waals surface area contributed by atoms with Gasteiger partial charge in [0.2, 0.25) is 0 Å². The molecule has 0 N–H and O–H groups in total. The highest BCUT2D eigenvalue weighted by Gasteiger charge is 2.20. The molecule has 2 aromatic carbocycles. The number of nitrogens with zero attached hydrogens (tertiary/aromatic N) is 4. The molecule has 2 heterocycles. The van der Waals surface area contributed by atoms with Crippen molar-refractivity contribution in [3.05, 3.63) is 47.4 Å². The second-order valence-electron chi connectivity index (χ2n) is 6.21. The lowest BCUT2D eigenvalue weighted by atomic mass is 10.1. The maximum atomic E-state index is 13.9. The molecule has 0 saturated carbocycles. The first kappa shape index (κ1) is 18.0. The van der Waals surface area contributed by atoms with Crippen LogP contribution in [0.1, 0.15) is 11.3 Å². The van der Waals surface area contributed by atoms with Gasteiger partial charge in [0, 0.05) is 17.7 Å². The van der Waals surface area contributed by atoms with Gasteiger partial charge in [0.15, 0.2) is 16.9 Å². The maximum Gasteiger partial charge on any atom is 0.387 e. The van der Waals surface area contributed by atoms with Crippen LogP contribution in [0.4, 0.5) is 13.2 Å². The van der Waals surface area contributed by atoms with Crippen LogP contribution in [0.15, 0.2) is 30.3 Å². The Hall–Kier alpha value is -3.36. The first-order valence-electron chi connectivity index (χ1n) is 8.34. The normalized spacial score (nSPS) is 11.5. The summed E-state index contributed by atoms with van der Waals surface area (Å²) in [7, 11) is 1.39. The van der Waals surface area contributed by atoms with E-state index in [1.54, 1.807) is 17.4 Å². The molecule has 0 saturated heterocycles. The molecule has 0 atom stereocenters.